The third-order valence-corrected chi connectivity index (χ3v) is 12.8. The summed E-state index contributed by atoms with van der Waals surface area (Å²) in [5.74, 6) is 0.00134. The predicted molar refractivity (Wildman–Crippen MR) is 209 cm³/mol. The number of alkyl halides is 3. The number of nitrogens with one attached hydrogen (secondary N) is 4. The minimum atomic E-state index is -4.53. The van der Waals surface area contributed by atoms with E-state index in [1.807, 2.05) is 38.1 Å². The van der Waals surface area contributed by atoms with Crippen molar-refractivity contribution >= 4 is 41.3 Å². The number of benzene rings is 2. The summed E-state index contributed by atoms with van der Waals surface area (Å²) >= 11 is 0. The number of aryl methyl sites for hydroxylation is 1. The first kappa shape index (κ1) is 38.9. The second-order valence-electron chi connectivity index (χ2n) is 17.1. The molecule has 5 aliphatic rings. The first-order valence-corrected chi connectivity index (χ1v) is 19.5. The maximum atomic E-state index is 14.5. The van der Waals surface area contributed by atoms with Gasteiger partial charge >= 0.3 is 19.3 Å². The highest BCUT2D eigenvalue weighted by atomic mass is 19.4. The van der Waals surface area contributed by atoms with Gasteiger partial charge in [-0.25, -0.2) is 9.78 Å². The number of rotatable bonds is 9. The average Bonchev–Trinajstić information content (AvgIpc) is 3.67. The monoisotopic (exact) mass is 785 g/mol. The molecule has 4 heterocycles. The Morgan fingerprint density at radius 3 is 2.56 bits per heavy atom. The van der Waals surface area contributed by atoms with Crippen LogP contribution in [0.3, 0.4) is 0 Å². The quantitative estimate of drug-likeness (QED) is 0.134. The van der Waals surface area contributed by atoms with E-state index in [9.17, 15) is 27.6 Å². The van der Waals surface area contributed by atoms with Crippen LogP contribution in [-0.4, -0.2) is 51.2 Å². The average molecular weight is 786 g/mol. The molecule has 2 aromatic carbocycles. The minimum absolute atomic E-state index is 0.0190. The number of carbonyl (C=O) groups is 2. The van der Waals surface area contributed by atoms with Gasteiger partial charge in [0.15, 0.2) is 0 Å². The van der Waals surface area contributed by atoms with E-state index in [-0.39, 0.29) is 36.0 Å². The molecular formula is C41H47BF3N7O5. The molecular weight excluding hydrogens is 738 g/mol. The third-order valence-electron chi connectivity index (χ3n) is 12.8. The summed E-state index contributed by atoms with van der Waals surface area (Å²) in [6.07, 6.45) is -0.940. The number of anilines is 2. The Morgan fingerprint density at radius 1 is 1.05 bits per heavy atom. The van der Waals surface area contributed by atoms with Crippen molar-refractivity contribution in [2.75, 3.05) is 10.6 Å². The molecule has 0 radical (unpaired) electrons. The van der Waals surface area contributed by atoms with E-state index >= 15 is 0 Å². The Labute approximate surface area is 328 Å². The Balaban J connectivity index is 1.07. The van der Waals surface area contributed by atoms with Gasteiger partial charge in [-0.1, -0.05) is 51.1 Å². The van der Waals surface area contributed by atoms with Crippen LogP contribution in [0, 0.1) is 24.2 Å². The molecule has 9 rings (SSSR count). The van der Waals surface area contributed by atoms with Crippen LogP contribution in [0.15, 0.2) is 65.6 Å². The zero-order chi connectivity index (χ0) is 40.7. The molecule has 3 aliphatic carbocycles. The fraction of sp³-hybridized carbons (Fsp3) is 0.488. The molecule has 2 unspecified atom stereocenters. The molecule has 1 saturated heterocycles. The zero-order valence-corrected chi connectivity index (χ0v) is 32.8. The number of pyridine rings is 1. The lowest BCUT2D eigenvalue weighted by Crippen LogP contribution is -2.63. The minimum Gasteiger partial charge on any atom is -0.404 e. The highest BCUT2D eigenvalue weighted by Gasteiger charge is 2.67. The van der Waals surface area contributed by atoms with Gasteiger partial charge in [0.1, 0.15) is 17.6 Å². The van der Waals surface area contributed by atoms with Gasteiger partial charge in [-0.2, -0.15) is 13.2 Å². The van der Waals surface area contributed by atoms with Gasteiger partial charge in [0.05, 0.1) is 46.1 Å². The van der Waals surface area contributed by atoms with E-state index in [1.54, 1.807) is 13.0 Å². The number of halogens is 3. The van der Waals surface area contributed by atoms with Crippen LogP contribution < -0.4 is 26.8 Å². The number of carbonyl (C=O) groups excluding carboxylic acids is 2. The lowest BCUT2D eigenvalue weighted by Gasteiger charge is -2.63. The summed E-state index contributed by atoms with van der Waals surface area (Å²) in [6.45, 7) is 12.0. The number of fused-ring (bicyclic) bond motifs is 2. The Morgan fingerprint density at radius 2 is 1.82 bits per heavy atom. The maximum absolute atomic E-state index is 14.5. The largest absolute Gasteiger partial charge is 0.481 e. The van der Waals surface area contributed by atoms with Gasteiger partial charge in [0.25, 0.3) is 5.56 Å². The molecule has 2 aromatic heterocycles. The van der Waals surface area contributed by atoms with Crippen molar-refractivity contribution < 1.29 is 32.1 Å². The number of urea groups is 1. The molecule has 16 heteroatoms. The summed E-state index contributed by atoms with van der Waals surface area (Å²) in [7, 11) is -0.700. The van der Waals surface area contributed by atoms with Crippen molar-refractivity contribution in [3.8, 4) is 0 Å². The van der Waals surface area contributed by atoms with Gasteiger partial charge in [0, 0.05) is 24.0 Å². The second-order valence-corrected chi connectivity index (χ2v) is 17.1. The summed E-state index contributed by atoms with van der Waals surface area (Å²) in [4.78, 5) is 51.7. The lowest BCUT2D eigenvalue weighted by molar-refractivity contribution is -0.185. The van der Waals surface area contributed by atoms with Crippen molar-refractivity contribution in [1.29, 1.82) is 0 Å². The van der Waals surface area contributed by atoms with Gasteiger partial charge in [-0.3, -0.25) is 19.1 Å². The van der Waals surface area contributed by atoms with Crippen molar-refractivity contribution in [3.05, 3.63) is 93.8 Å². The topological polar surface area (TPSA) is 148 Å². The summed E-state index contributed by atoms with van der Waals surface area (Å²) in [6, 6.07) is 12.3. The fourth-order valence-corrected chi connectivity index (χ4v) is 9.60. The van der Waals surface area contributed by atoms with E-state index in [2.05, 4.69) is 52.0 Å². The molecule has 2 bridgehead atoms. The van der Waals surface area contributed by atoms with Crippen LogP contribution >= 0.6 is 0 Å². The van der Waals surface area contributed by atoms with Crippen LogP contribution in [0.4, 0.5) is 29.3 Å². The number of hydrogen-bond donors (Lipinski definition) is 4. The Hall–Kier alpha value is -4.96. The van der Waals surface area contributed by atoms with E-state index in [1.165, 1.54) is 22.9 Å². The number of amides is 3. The molecule has 7 atom stereocenters. The molecule has 57 heavy (non-hydrogen) atoms. The van der Waals surface area contributed by atoms with E-state index in [0.717, 1.165) is 30.4 Å². The number of nitrogens with zero attached hydrogens (tertiary/aromatic N) is 3. The second kappa shape index (κ2) is 13.9. The Bertz CT molecular complexity index is 2320. The smallest absolute Gasteiger partial charge is 0.404 e. The molecule has 2 aliphatic heterocycles. The third kappa shape index (κ3) is 6.83. The molecule has 12 nitrogen and oxygen atoms in total. The molecule has 3 saturated carbocycles. The van der Waals surface area contributed by atoms with Gasteiger partial charge in [-0.05, 0) is 87.1 Å². The van der Waals surface area contributed by atoms with Crippen molar-refractivity contribution in [2.24, 2.45) is 17.3 Å². The highest BCUT2D eigenvalue weighted by molar-refractivity contribution is 6.47. The summed E-state index contributed by atoms with van der Waals surface area (Å²) in [5, 5.41) is 12.7. The summed E-state index contributed by atoms with van der Waals surface area (Å²) in [5.41, 5.74) is -0.846. The van der Waals surface area contributed by atoms with Crippen molar-refractivity contribution in [1.82, 2.24) is 25.2 Å². The van der Waals surface area contributed by atoms with E-state index in [4.69, 9.17) is 9.31 Å². The lowest BCUT2D eigenvalue weighted by atomic mass is 9.45. The van der Waals surface area contributed by atoms with E-state index in [0.29, 0.717) is 40.7 Å². The number of para-hydroxylation sites is 1. The molecule has 3 amide bonds. The zero-order valence-electron chi connectivity index (χ0n) is 32.8. The van der Waals surface area contributed by atoms with E-state index < -0.39 is 59.5 Å². The van der Waals surface area contributed by atoms with Crippen molar-refractivity contribution in [2.45, 2.75) is 109 Å². The van der Waals surface area contributed by atoms with Crippen LogP contribution in [0.2, 0.25) is 0 Å². The van der Waals surface area contributed by atoms with Crippen LogP contribution in [0.25, 0.3) is 10.9 Å². The number of hydrogen-bond acceptors (Lipinski definition) is 8. The van der Waals surface area contributed by atoms with Crippen LogP contribution in [0.1, 0.15) is 89.0 Å². The first-order valence-electron chi connectivity index (χ1n) is 19.5. The van der Waals surface area contributed by atoms with Crippen LogP contribution in [-0.2, 0) is 32.4 Å². The van der Waals surface area contributed by atoms with Gasteiger partial charge in [0.2, 0.25) is 5.91 Å². The van der Waals surface area contributed by atoms with Gasteiger partial charge < -0.3 is 30.6 Å². The first-order chi connectivity index (χ1) is 26.9. The fourth-order valence-electron chi connectivity index (χ4n) is 9.60. The Kier molecular flexibility index (Phi) is 9.46. The molecule has 300 valence electrons. The SMILES string of the molecule is CC[C@H](NC(=O)[C@@H]1C[C@@](C)(NC(=O)Nc2cc(C)nc3ccccc23)c2ncc(NCc3cccc(C(F)(F)F)c3)c(=O)n21)B1O[C@@H]2C3CC(C[C@]2(C)O1)C3(C)C. The molecule has 0 spiro atoms. The standard InChI is InChI=1S/C41H47BF3N7O5/c1-7-32(42-56-33-27-17-25(38(27,3)4)18-40(33,6)57-42)50-34(53)31-19-39(5,51-37(55)49-29-15-22(2)48-28-14-9-8-13-26(28)29)36-47-21-30(35(54)52(31)36)46-20-23-11-10-12-24(16-23)41(43,44)45/h8-16,21,25,27,31-33,46H,7,17-20H2,1-6H3,(H,50,53)(H2,48,49,51,55)/t25?,27?,31-,32-,33+,39+,40-/m0/s1. The predicted octanol–water partition coefficient (Wildman–Crippen LogP) is 6.87. The summed E-state index contributed by atoms with van der Waals surface area (Å²) < 4.78 is 54.7. The van der Waals surface area contributed by atoms with Crippen molar-refractivity contribution in [3.63, 3.8) is 0 Å². The van der Waals surface area contributed by atoms with Gasteiger partial charge in [-0.15, -0.1) is 0 Å². The molecule has 4 aromatic rings. The normalized spacial score (nSPS) is 27.6. The number of aromatic nitrogens is 3. The maximum Gasteiger partial charge on any atom is 0.481 e. The van der Waals surface area contributed by atoms with Crippen LogP contribution in [0.5, 0.6) is 0 Å². The molecule has 4 N–H and O–H groups in total. The molecule has 4 fully saturated rings. The highest BCUT2D eigenvalue weighted by Crippen LogP contribution is 2.64.